The normalized spacial score (nSPS) is 10.3. The van der Waals surface area contributed by atoms with E-state index >= 15 is 0 Å². The molecule has 0 saturated heterocycles. The Kier molecular flexibility index (Phi) is 4.24. The molecule has 2 aromatic rings. The van der Waals surface area contributed by atoms with Crippen molar-refractivity contribution in [1.82, 2.24) is 0 Å². The summed E-state index contributed by atoms with van der Waals surface area (Å²) in [5.41, 5.74) is 3.73. The Labute approximate surface area is 119 Å². The Morgan fingerprint density at radius 3 is 2.59 bits per heavy atom. The zero-order valence-electron chi connectivity index (χ0n) is 9.50. The Morgan fingerprint density at radius 1 is 1.06 bits per heavy atom. The van der Waals surface area contributed by atoms with Crippen molar-refractivity contribution in [2.45, 2.75) is 13.5 Å². The van der Waals surface area contributed by atoms with Gasteiger partial charge in [0.1, 0.15) is 0 Å². The summed E-state index contributed by atoms with van der Waals surface area (Å²) in [6.45, 7) is 2.97. The zero-order valence-corrected chi connectivity index (χ0v) is 12.7. The maximum atomic E-state index is 3.54. The molecule has 0 spiro atoms. The van der Waals surface area contributed by atoms with Gasteiger partial charge in [-0.3, -0.25) is 0 Å². The van der Waals surface area contributed by atoms with Crippen LogP contribution in [0.2, 0.25) is 0 Å². The maximum absolute atomic E-state index is 3.54. The maximum Gasteiger partial charge on any atom is 0.0498 e. The highest BCUT2D eigenvalue weighted by Gasteiger charge is 2.01. The first-order valence-electron chi connectivity index (χ1n) is 5.40. The molecule has 0 saturated carbocycles. The lowest BCUT2D eigenvalue weighted by atomic mass is 10.1. The fourth-order valence-corrected chi connectivity index (χ4v) is 2.38. The smallest absolute Gasteiger partial charge is 0.0498 e. The number of aryl methyl sites for hydroxylation is 1. The predicted octanol–water partition coefficient (Wildman–Crippen LogP) is 5.13. The second kappa shape index (κ2) is 5.69. The summed E-state index contributed by atoms with van der Waals surface area (Å²) in [6, 6.07) is 14.5. The van der Waals surface area contributed by atoms with Gasteiger partial charge in [-0.2, -0.15) is 0 Å². The van der Waals surface area contributed by atoms with Crippen LogP contribution in [0.5, 0.6) is 0 Å². The van der Waals surface area contributed by atoms with Crippen LogP contribution in [0.15, 0.2) is 51.4 Å². The summed E-state index contributed by atoms with van der Waals surface area (Å²) in [5, 5.41) is 3.43. The van der Waals surface area contributed by atoms with Gasteiger partial charge in [-0.05, 0) is 52.2 Å². The van der Waals surface area contributed by atoms with Gasteiger partial charge in [0, 0.05) is 21.2 Å². The fraction of sp³-hybridized carbons (Fsp3) is 0.143. The van der Waals surface area contributed by atoms with E-state index in [0.29, 0.717) is 0 Å². The van der Waals surface area contributed by atoms with Crippen molar-refractivity contribution < 1.29 is 0 Å². The van der Waals surface area contributed by atoms with Crippen LogP contribution in [0.25, 0.3) is 0 Å². The minimum atomic E-state index is 0.835. The molecule has 3 heteroatoms. The molecule has 0 heterocycles. The third-order valence-corrected chi connectivity index (χ3v) is 3.84. The van der Waals surface area contributed by atoms with E-state index in [1.807, 2.05) is 12.1 Å². The van der Waals surface area contributed by atoms with Gasteiger partial charge in [0.05, 0.1) is 0 Å². The molecule has 0 aromatic heterocycles. The van der Waals surface area contributed by atoms with Gasteiger partial charge in [-0.15, -0.1) is 0 Å². The third-order valence-electron chi connectivity index (χ3n) is 2.66. The van der Waals surface area contributed by atoms with Crippen LogP contribution in [-0.4, -0.2) is 0 Å². The Balaban J connectivity index is 2.12. The van der Waals surface area contributed by atoms with Crippen LogP contribution in [0, 0.1) is 6.92 Å². The van der Waals surface area contributed by atoms with E-state index in [0.717, 1.165) is 21.2 Å². The van der Waals surface area contributed by atoms with Gasteiger partial charge < -0.3 is 5.32 Å². The highest BCUT2D eigenvalue weighted by Crippen LogP contribution is 2.26. The van der Waals surface area contributed by atoms with Crippen molar-refractivity contribution in [1.29, 1.82) is 0 Å². The lowest BCUT2D eigenvalue weighted by Gasteiger charge is -2.10. The summed E-state index contributed by atoms with van der Waals surface area (Å²) in [7, 11) is 0. The second-order valence-corrected chi connectivity index (χ2v) is 5.67. The van der Waals surface area contributed by atoms with Crippen molar-refractivity contribution >= 4 is 37.5 Å². The van der Waals surface area contributed by atoms with E-state index in [1.54, 1.807) is 0 Å². The van der Waals surface area contributed by atoms with Gasteiger partial charge in [0.15, 0.2) is 0 Å². The molecule has 88 valence electrons. The Bertz CT molecular complexity index is 523. The molecule has 17 heavy (non-hydrogen) atoms. The van der Waals surface area contributed by atoms with E-state index < -0.39 is 0 Å². The third kappa shape index (κ3) is 3.33. The Hall–Kier alpha value is -0.800. The standard InChI is InChI=1S/C14H13Br2N/c1-10-4-2-3-5-11(10)9-17-14-8-12(15)6-7-13(14)16/h2-8,17H,9H2,1H3. The average Bonchev–Trinajstić information content (AvgIpc) is 2.32. The number of anilines is 1. The zero-order chi connectivity index (χ0) is 12.3. The van der Waals surface area contributed by atoms with Crippen molar-refractivity contribution in [3.8, 4) is 0 Å². The summed E-state index contributed by atoms with van der Waals surface area (Å²) >= 11 is 7.02. The van der Waals surface area contributed by atoms with Crippen LogP contribution in [0.4, 0.5) is 5.69 Å². The first-order chi connectivity index (χ1) is 8.16. The molecule has 2 aromatic carbocycles. The number of halogens is 2. The van der Waals surface area contributed by atoms with Gasteiger partial charge in [0.25, 0.3) is 0 Å². The van der Waals surface area contributed by atoms with E-state index in [9.17, 15) is 0 Å². The first kappa shape index (κ1) is 12.7. The molecule has 0 amide bonds. The lowest BCUT2D eigenvalue weighted by molar-refractivity contribution is 1.12. The molecule has 1 N–H and O–H groups in total. The molecule has 2 rings (SSSR count). The highest BCUT2D eigenvalue weighted by atomic mass is 79.9. The number of benzene rings is 2. The minimum Gasteiger partial charge on any atom is -0.380 e. The van der Waals surface area contributed by atoms with E-state index in [2.05, 4.69) is 74.4 Å². The largest absolute Gasteiger partial charge is 0.380 e. The van der Waals surface area contributed by atoms with Crippen LogP contribution < -0.4 is 5.32 Å². The monoisotopic (exact) mass is 353 g/mol. The van der Waals surface area contributed by atoms with Crippen molar-refractivity contribution in [3.05, 3.63) is 62.5 Å². The molecule has 0 fully saturated rings. The first-order valence-corrected chi connectivity index (χ1v) is 6.99. The molecule has 0 aliphatic heterocycles. The fourth-order valence-electron chi connectivity index (χ4n) is 1.63. The number of nitrogens with one attached hydrogen (secondary N) is 1. The van der Waals surface area contributed by atoms with Gasteiger partial charge in [0.2, 0.25) is 0 Å². The highest BCUT2D eigenvalue weighted by molar-refractivity contribution is 9.11. The lowest BCUT2D eigenvalue weighted by Crippen LogP contribution is -2.01. The topological polar surface area (TPSA) is 12.0 Å². The molecular formula is C14H13Br2N. The molecule has 0 radical (unpaired) electrons. The van der Waals surface area contributed by atoms with E-state index in [4.69, 9.17) is 0 Å². The summed E-state index contributed by atoms with van der Waals surface area (Å²) < 4.78 is 2.15. The summed E-state index contributed by atoms with van der Waals surface area (Å²) in [4.78, 5) is 0. The van der Waals surface area contributed by atoms with Crippen LogP contribution in [0.3, 0.4) is 0 Å². The summed E-state index contributed by atoms with van der Waals surface area (Å²) in [6.07, 6.45) is 0. The molecular weight excluding hydrogens is 342 g/mol. The van der Waals surface area contributed by atoms with Gasteiger partial charge in [-0.25, -0.2) is 0 Å². The molecule has 0 bridgehead atoms. The molecule has 0 atom stereocenters. The number of hydrogen-bond donors (Lipinski definition) is 1. The van der Waals surface area contributed by atoms with Crippen molar-refractivity contribution in [2.24, 2.45) is 0 Å². The van der Waals surface area contributed by atoms with Crippen molar-refractivity contribution in [2.75, 3.05) is 5.32 Å². The minimum absolute atomic E-state index is 0.835. The van der Waals surface area contributed by atoms with Gasteiger partial charge >= 0.3 is 0 Å². The predicted molar refractivity (Wildman–Crippen MR) is 80.3 cm³/mol. The van der Waals surface area contributed by atoms with E-state index in [1.165, 1.54) is 11.1 Å². The van der Waals surface area contributed by atoms with Crippen molar-refractivity contribution in [3.63, 3.8) is 0 Å². The number of hydrogen-bond acceptors (Lipinski definition) is 1. The van der Waals surface area contributed by atoms with Gasteiger partial charge in [-0.1, -0.05) is 40.2 Å². The van der Waals surface area contributed by atoms with Crippen LogP contribution in [-0.2, 0) is 6.54 Å². The van der Waals surface area contributed by atoms with E-state index in [-0.39, 0.29) is 0 Å². The Morgan fingerprint density at radius 2 is 1.82 bits per heavy atom. The molecule has 1 nitrogen and oxygen atoms in total. The average molecular weight is 355 g/mol. The summed E-state index contributed by atoms with van der Waals surface area (Å²) in [5.74, 6) is 0. The number of rotatable bonds is 3. The van der Waals surface area contributed by atoms with Crippen LogP contribution >= 0.6 is 31.9 Å². The molecule has 0 aliphatic carbocycles. The molecule has 0 unspecified atom stereocenters. The quantitative estimate of drug-likeness (QED) is 0.805. The molecule has 0 aliphatic rings. The SMILES string of the molecule is Cc1ccccc1CNc1cc(Br)ccc1Br. The second-order valence-electron chi connectivity index (χ2n) is 3.90. The van der Waals surface area contributed by atoms with Crippen LogP contribution in [0.1, 0.15) is 11.1 Å².